The van der Waals surface area contributed by atoms with Crippen molar-refractivity contribution >= 4 is 5.97 Å². The zero-order valence-corrected chi connectivity index (χ0v) is 12.2. The van der Waals surface area contributed by atoms with E-state index >= 15 is 0 Å². The number of hydrogen-bond acceptors (Lipinski definition) is 3. The Balaban J connectivity index is 1.51. The van der Waals surface area contributed by atoms with Gasteiger partial charge in [-0.05, 0) is 37.0 Å². The van der Waals surface area contributed by atoms with Crippen molar-refractivity contribution < 1.29 is 14.3 Å². The number of carbonyl (C=O) groups excluding carboxylic acids is 1. The molecular weight excluding hydrogens is 240 g/mol. The second kappa shape index (κ2) is 5.08. The summed E-state index contributed by atoms with van der Waals surface area (Å²) in [5.41, 5.74) is 0.0291. The smallest absolute Gasteiger partial charge is 0.309 e. The summed E-state index contributed by atoms with van der Waals surface area (Å²) < 4.78 is 11.2. The van der Waals surface area contributed by atoms with Gasteiger partial charge in [0, 0.05) is 0 Å². The van der Waals surface area contributed by atoms with E-state index in [0.29, 0.717) is 24.7 Å². The summed E-state index contributed by atoms with van der Waals surface area (Å²) >= 11 is 0. The van der Waals surface area contributed by atoms with Crippen LogP contribution in [0.25, 0.3) is 0 Å². The minimum absolute atomic E-state index is 0.0181. The molecule has 1 saturated heterocycles. The molecule has 3 rings (SSSR count). The maximum absolute atomic E-state index is 12.3. The molecule has 1 aliphatic heterocycles. The van der Waals surface area contributed by atoms with Crippen LogP contribution in [-0.4, -0.2) is 24.8 Å². The lowest BCUT2D eigenvalue weighted by Crippen LogP contribution is -2.38. The first-order valence-electron chi connectivity index (χ1n) is 7.88. The molecule has 108 valence electrons. The molecule has 0 aromatic rings. The molecule has 3 nitrogen and oxygen atoms in total. The summed E-state index contributed by atoms with van der Waals surface area (Å²) in [5.74, 6) is 0.652. The van der Waals surface area contributed by atoms with Crippen molar-refractivity contribution in [2.24, 2.45) is 17.3 Å². The molecule has 0 aromatic heterocycles. The number of epoxide rings is 1. The highest BCUT2D eigenvalue weighted by Crippen LogP contribution is 2.49. The SMILES string of the molecule is CC1(C)CC2OC2CC1C(=O)OCC1CCCCC1. The lowest BCUT2D eigenvalue weighted by atomic mass is 9.69. The summed E-state index contributed by atoms with van der Waals surface area (Å²) in [6.45, 7) is 5.00. The van der Waals surface area contributed by atoms with Gasteiger partial charge in [0.15, 0.2) is 0 Å². The Bertz CT molecular complexity index is 344. The molecule has 3 unspecified atom stereocenters. The van der Waals surface area contributed by atoms with E-state index in [0.717, 1.165) is 12.8 Å². The van der Waals surface area contributed by atoms with E-state index in [2.05, 4.69) is 13.8 Å². The third-order valence-corrected chi connectivity index (χ3v) is 5.30. The van der Waals surface area contributed by atoms with Crippen molar-refractivity contribution in [3.8, 4) is 0 Å². The van der Waals surface area contributed by atoms with E-state index in [4.69, 9.17) is 9.47 Å². The van der Waals surface area contributed by atoms with Crippen LogP contribution >= 0.6 is 0 Å². The van der Waals surface area contributed by atoms with Gasteiger partial charge in [0.1, 0.15) is 0 Å². The monoisotopic (exact) mass is 266 g/mol. The van der Waals surface area contributed by atoms with Crippen molar-refractivity contribution in [1.29, 1.82) is 0 Å². The maximum Gasteiger partial charge on any atom is 0.309 e. The highest BCUT2D eigenvalue weighted by atomic mass is 16.6. The van der Waals surface area contributed by atoms with Crippen molar-refractivity contribution in [3.05, 3.63) is 0 Å². The minimum atomic E-state index is 0.0181. The second-order valence-corrected chi connectivity index (χ2v) is 7.33. The summed E-state index contributed by atoms with van der Waals surface area (Å²) in [4.78, 5) is 12.3. The summed E-state index contributed by atoms with van der Waals surface area (Å²) in [5, 5.41) is 0. The molecule has 0 bridgehead atoms. The summed E-state index contributed by atoms with van der Waals surface area (Å²) in [7, 11) is 0. The first-order valence-corrected chi connectivity index (χ1v) is 7.88. The molecule has 3 atom stereocenters. The predicted molar refractivity (Wildman–Crippen MR) is 72.7 cm³/mol. The van der Waals surface area contributed by atoms with Gasteiger partial charge in [0.25, 0.3) is 0 Å². The third-order valence-electron chi connectivity index (χ3n) is 5.30. The van der Waals surface area contributed by atoms with Gasteiger partial charge >= 0.3 is 5.97 Å². The lowest BCUT2D eigenvalue weighted by molar-refractivity contribution is -0.155. The largest absolute Gasteiger partial charge is 0.465 e. The third kappa shape index (κ3) is 2.96. The highest BCUT2D eigenvalue weighted by Gasteiger charge is 2.54. The van der Waals surface area contributed by atoms with Crippen LogP contribution in [0.4, 0.5) is 0 Å². The molecule has 0 aromatic carbocycles. The van der Waals surface area contributed by atoms with Gasteiger partial charge in [-0.2, -0.15) is 0 Å². The fourth-order valence-electron chi connectivity index (χ4n) is 3.85. The van der Waals surface area contributed by atoms with Crippen molar-refractivity contribution in [1.82, 2.24) is 0 Å². The van der Waals surface area contributed by atoms with Gasteiger partial charge in [-0.1, -0.05) is 33.1 Å². The van der Waals surface area contributed by atoms with Crippen LogP contribution in [0.15, 0.2) is 0 Å². The fraction of sp³-hybridized carbons (Fsp3) is 0.938. The van der Waals surface area contributed by atoms with Crippen molar-refractivity contribution in [2.45, 2.75) is 71.0 Å². The fourth-order valence-corrected chi connectivity index (χ4v) is 3.85. The topological polar surface area (TPSA) is 38.8 Å². The Labute approximate surface area is 116 Å². The summed E-state index contributed by atoms with van der Waals surface area (Å²) in [6, 6.07) is 0. The van der Waals surface area contributed by atoms with E-state index in [1.165, 1.54) is 32.1 Å². The first kappa shape index (κ1) is 13.4. The molecule has 2 aliphatic carbocycles. The van der Waals surface area contributed by atoms with Crippen LogP contribution in [0.5, 0.6) is 0 Å². The number of carbonyl (C=O) groups is 1. The number of rotatable bonds is 3. The van der Waals surface area contributed by atoms with Crippen molar-refractivity contribution in [3.63, 3.8) is 0 Å². The van der Waals surface area contributed by atoms with Crippen LogP contribution in [0.3, 0.4) is 0 Å². The van der Waals surface area contributed by atoms with Crippen LogP contribution in [-0.2, 0) is 14.3 Å². The van der Waals surface area contributed by atoms with Gasteiger partial charge in [-0.25, -0.2) is 0 Å². The van der Waals surface area contributed by atoms with E-state index in [-0.39, 0.29) is 17.3 Å². The van der Waals surface area contributed by atoms with Gasteiger partial charge in [-0.15, -0.1) is 0 Å². The van der Waals surface area contributed by atoms with E-state index in [9.17, 15) is 4.79 Å². The van der Waals surface area contributed by atoms with Crippen LogP contribution < -0.4 is 0 Å². The van der Waals surface area contributed by atoms with E-state index in [1.54, 1.807) is 0 Å². The number of fused-ring (bicyclic) bond motifs is 1. The quantitative estimate of drug-likeness (QED) is 0.581. The minimum Gasteiger partial charge on any atom is -0.465 e. The number of ether oxygens (including phenoxy) is 2. The van der Waals surface area contributed by atoms with Crippen LogP contribution in [0.2, 0.25) is 0 Å². The molecule has 1 heterocycles. The molecule has 0 spiro atoms. The maximum atomic E-state index is 12.3. The average Bonchev–Trinajstić information content (AvgIpc) is 3.12. The average molecular weight is 266 g/mol. The number of esters is 1. The molecule has 3 fully saturated rings. The van der Waals surface area contributed by atoms with Gasteiger partial charge in [0.2, 0.25) is 0 Å². The van der Waals surface area contributed by atoms with E-state index in [1.807, 2.05) is 0 Å². The molecule has 0 amide bonds. The lowest BCUT2D eigenvalue weighted by Gasteiger charge is -2.35. The normalized spacial score (nSPS) is 37.5. The van der Waals surface area contributed by atoms with Gasteiger partial charge in [-0.3, -0.25) is 4.79 Å². The zero-order chi connectivity index (χ0) is 13.5. The van der Waals surface area contributed by atoms with E-state index < -0.39 is 0 Å². The molecule has 0 N–H and O–H groups in total. The Morgan fingerprint density at radius 2 is 1.95 bits per heavy atom. The predicted octanol–water partition coefficient (Wildman–Crippen LogP) is 3.31. The molecule has 19 heavy (non-hydrogen) atoms. The Morgan fingerprint density at radius 1 is 1.21 bits per heavy atom. The Kier molecular flexibility index (Phi) is 3.59. The van der Waals surface area contributed by atoms with Crippen LogP contribution in [0, 0.1) is 17.3 Å². The molecular formula is C16H26O3. The first-order chi connectivity index (χ1) is 9.06. The highest BCUT2D eigenvalue weighted by molar-refractivity contribution is 5.73. The molecule has 2 saturated carbocycles. The van der Waals surface area contributed by atoms with Gasteiger partial charge in [0.05, 0.1) is 24.7 Å². The number of hydrogen-bond donors (Lipinski definition) is 0. The Morgan fingerprint density at radius 3 is 2.68 bits per heavy atom. The van der Waals surface area contributed by atoms with Crippen molar-refractivity contribution in [2.75, 3.05) is 6.61 Å². The molecule has 0 radical (unpaired) electrons. The zero-order valence-electron chi connectivity index (χ0n) is 12.2. The van der Waals surface area contributed by atoms with Gasteiger partial charge < -0.3 is 9.47 Å². The standard InChI is InChI=1S/C16H26O3/c1-16(2)9-14-13(19-14)8-12(16)15(17)18-10-11-6-4-3-5-7-11/h11-14H,3-10H2,1-2H3. The second-order valence-electron chi connectivity index (χ2n) is 7.33. The molecule has 3 heteroatoms. The van der Waals surface area contributed by atoms with Crippen LogP contribution in [0.1, 0.15) is 58.8 Å². The Hall–Kier alpha value is -0.570. The summed E-state index contributed by atoms with van der Waals surface area (Å²) in [6.07, 6.45) is 9.02. The molecule has 3 aliphatic rings.